The number of aliphatic hydroxyl groups excluding tert-OH is 1. The molecule has 0 fully saturated rings. The Bertz CT molecular complexity index is 342. The monoisotopic (exact) mass is 291 g/mol. The molecule has 0 spiro atoms. The van der Waals surface area contributed by atoms with Crippen LogP contribution in [0.4, 0.5) is 0 Å². The number of benzene rings is 1. The van der Waals surface area contributed by atoms with E-state index in [1.54, 1.807) is 0 Å². The first kappa shape index (κ1) is 18.2. The third-order valence-corrected chi connectivity index (χ3v) is 4.27. The molecule has 0 heterocycles. The Morgan fingerprint density at radius 2 is 1.43 bits per heavy atom. The number of hydrogen-bond donors (Lipinski definition) is 1. The highest BCUT2D eigenvalue weighted by molar-refractivity contribution is 5.18. The van der Waals surface area contributed by atoms with Crippen LogP contribution in [0, 0.1) is 0 Å². The van der Waals surface area contributed by atoms with Crippen molar-refractivity contribution in [3.8, 4) is 0 Å². The molecule has 2 nitrogen and oxygen atoms in total. The SMILES string of the molecule is CCCCCN(CCCCC)[C@H](C)[C@@H](O)c1ccccc1. The second kappa shape index (κ2) is 10.8. The van der Waals surface area contributed by atoms with E-state index in [1.165, 1.54) is 38.5 Å². The van der Waals surface area contributed by atoms with Gasteiger partial charge in [-0.1, -0.05) is 69.9 Å². The molecule has 1 N–H and O–H groups in total. The average Bonchev–Trinajstić information content (AvgIpc) is 2.53. The largest absolute Gasteiger partial charge is 0.387 e. The van der Waals surface area contributed by atoms with Crippen LogP contribution in [0.2, 0.25) is 0 Å². The van der Waals surface area contributed by atoms with Crippen LogP contribution in [0.1, 0.15) is 71.0 Å². The molecule has 21 heavy (non-hydrogen) atoms. The predicted octanol–water partition coefficient (Wildman–Crippen LogP) is 4.79. The van der Waals surface area contributed by atoms with Crippen molar-refractivity contribution in [3.05, 3.63) is 35.9 Å². The summed E-state index contributed by atoms with van der Waals surface area (Å²) in [4.78, 5) is 2.48. The third-order valence-electron chi connectivity index (χ3n) is 4.27. The summed E-state index contributed by atoms with van der Waals surface area (Å²) in [5, 5.41) is 10.6. The third kappa shape index (κ3) is 6.62. The van der Waals surface area contributed by atoms with Crippen LogP contribution >= 0.6 is 0 Å². The lowest BCUT2D eigenvalue weighted by atomic mass is 10.0. The second-order valence-corrected chi connectivity index (χ2v) is 6.05. The van der Waals surface area contributed by atoms with Crippen LogP contribution in [0.3, 0.4) is 0 Å². The van der Waals surface area contributed by atoms with Gasteiger partial charge in [-0.05, 0) is 38.4 Å². The minimum atomic E-state index is -0.394. The molecule has 0 amide bonds. The van der Waals surface area contributed by atoms with Gasteiger partial charge in [-0.2, -0.15) is 0 Å². The molecule has 0 aliphatic rings. The van der Waals surface area contributed by atoms with Crippen molar-refractivity contribution in [2.45, 2.75) is 71.4 Å². The summed E-state index contributed by atoms with van der Waals surface area (Å²) in [6.45, 7) is 8.84. The molecule has 2 atom stereocenters. The number of nitrogens with zero attached hydrogens (tertiary/aromatic N) is 1. The van der Waals surface area contributed by atoms with Gasteiger partial charge in [0.1, 0.15) is 0 Å². The van der Waals surface area contributed by atoms with Gasteiger partial charge in [0.25, 0.3) is 0 Å². The van der Waals surface area contributed by atoms with Gasteiger partial charge < -0.3 is 5.11 Å². The predicted molar refractivity (Wildman–Crippen MR) is 91.5 cm³/mol. The minimum absolute atomic E-state index is 0.182. The molecular weight excluding hydrogens is 258 g/mol. The molecule has 0 aliphatic heterocycles. The summed E-state index contributed by atoms with van der Waals surface area (Å²) in [5.41, 5.74) is 1.03. The summed E-state index contributed by atoms with van der Waals surface area (Å²) in [6.07, 6.45) is 7.12. The number of rotatable bonds is 11. The molecule has 120 valence electrons. The van der Waals surface area contributed by atoms with E-state index in [9.17, 15) is 5.11 Å². The number of hydrogen-bond acceptors (Lipinski definition) is 2. The summed E-state index contributed by atoms with van der Waals surface area (Å²) in [7, 11) is 0. The van der Waals surface area contributed by atoms with Crippen molar-refractivity contribution < 1.29 is 5.11 Å². The molecule has 2 heteroatoms. The number of unbranched alkanes of at least 4 members (excludes halogenated alkanes) is 4. The van der Waals surface area contributed by atoms with Crippen LogP contribution in [-0.4, -0.2) is 29.1 Å². The fraction of sp³-hybridized carbons (Fsp3) is 0.684. The average molecular weight is 291 g/mol. The van der Waals surface area contributed by atoms with Gasteiger partial charge in [0.05, 0.1) is 6.10 Å². The molecule has 1 rings (SSSR count). The Hall–Kier alpha value is -0.860. The zero-order valence-electron chi connectivity index (χ0n) is 14.1. The van der Waals surface area contributed by atoms with Gasteiger partial charge in [-0.25, -0.2) is 0 Å². The van der Waals surface area contributed by atoms with Gasteiger partial charge in [-0.3, -0.25) is 4.90 Å². The van der Waals surface area contributed by atoms with Gasteiger partial charge in [0, 0.05) is 6.04 Å². The van der Waals surface area contributed by atoms with Crippen molar-refractivity contribution in [3.63, 3.8) is 0 Å². The van der Waals surface area contributed by atoms with Crippen molar-refractivity contribution in [1.29, 1.82) is 0 Å². The first-order valence-electron chi connectivity index (χ1n) is 8.67. The fourth-order valence-corrected chi connectivity index (χ4v) is 2.78. The zero-order chi connectivity index (χ0) is 15.5. The number of aliphatic hydroxyl groups is 1. The van der Waals surface area contributed by atoms with Gasteiger partial charge in [-0.15, -0.1) is 0 Å². The van der Waals surface area contributed by atoms with Crippen molar-refractivity contribution in [2.24, 2.45) is 0 Å². The molecule has 0 unspecified atom stereocenters. The standard InChI is InChI=1S/C19H33NO/c1-4-6-11-15-20(16-12-7-5-2)17(3)19(21)18-13-9-8-10-14-18/h8-10,13-14,17,19,21H,4-7,11-12,15-16H2,1-3H3/t17-,19-/m1/s1. The first-order valence-corrected chi connectivity index (χ1v) is 8.67. The Morgan fingerprint density at radius 1 is 0.905 bits per heavy atom. The summed E-state index contributed by atoms with van der Waals surface area (Å²) in [5.74, 6) is 0. The van der Waals surface area contributed by atoms with E-state index in [0.29, 0.717) is 0 Å². The summed E-state index contributed by atoms with van der Waals surface area (Å²) < 4.78 is 0. The van der Waals surface area contributed by atoms with Gasteiger partial charge in [0.2, 0.25) is 0 Å². The molecule has 0 aliphatic carbocycles. The second-order valence-electron chi connectivity index (χ2n) is 6.05. The van der Waals surface area contributed by atoms with Crippen molar-refractivity contribution in [2.75, 3.05) is 13.1 Å². The fourth-order valence-electron chi connectivity index (χ4n) is 2.78. The normalized spacial score (nSPS) is 14.3. The molecule has 0 aromatic heterocycles. The van der Waals surface area contributed by atoms with E-state index in [-0.39, 0.29) is 6.04 Å². The molecule has 0 saturated heterocycles. The van der Waals surface area contributed by atoms with E-state index in [2.05, 4.69) is 25.7 Å². The maximum atomic E-state index is 10.6. The van der Waals surface area contributed by atoms with Crippen LogP contribution in [-0.2, 0) is 0 Å². The van der Waals surface area contributed by atoms with Crippen LogP contribution in [0.25, 0.3) is 0 Å². The Labute approximate surface area is 131 Å². The summed E-state index contributed by atoms with van der Waals surface area (Å²) >= 11 is 0. The minimum Gasteiger partial charge on any atom is -0.387 e. The highest BCUT2D eigenvalue weighted by Gasteiger charge is 2.22. The maximum Gasteiger partial charge on any atom is 0.0942 e. The first-order chi connectivity index (χ1) is 10.2. The molecular formula is C19H33NO. The Morgan fingerprint density at radius 3 is 1.90 bits per heavy atom. The van der Waals surface area contributed by atoms with Crippen LogP contribution < -0.4 is 0 Å². The molecule has 0 radical (unpaired) electrons. The van der Waals surface area contributed by atoms with E-state index in [0.717, 1.165) is 18.7 Å². The van der Waals surface area contributed by atoms with E-state index in [1.807, 2.05) is 30.3 Å². The smallest absolute Gasteiger partial charge is 0.0942 e. The van der Waals surface area contributed by atoms with E-state index >= 15 is 0 Å². The van der Waals surface area contributed by atoms with Crippen LogP contribution in [0.15, 0.2) is 30.3 Å². The molecule has 1 aromatic carbocycles. The maximum absolute atomic E-state index is 10.6. The lowest BCUT2D eigenvalue weighted by Gasteiger charge is -2.32. The van der Waals surface area contributed by atoms with E-state index < -0.39 is 6.10 Å². The highest BCUT2D eigenvalue weighted by atomic mass is 16.3. The lowest BCUT2D eigenvalue weighted by molar-refractivity contribution is 0.0556. The molecule has 1 aromatic rings. The highest BCUT2D eigenvalue weighted by Crippen LogP contribution is 2.21. The quantitative estimate of drug-likeness (QED) is 0.592. The van der Waals surface area contributed by atoms with Gasteiger partial charge >= 0.3 is 0 Å². The van der Waals surface area contributed by atoms with Crippen molar-refractivity contribution >= 4 is 0 Å². The van der Waals surface area contributed by atoms with Crippen LogP contribution in [0.5, 0.6) is 0 Å². The zero-order valence-corrected chi connectivity index (χ0v) is 14.1. The summed E-state index contributed by atoms with van der Waals surface area (Å²) in [6, 6.07) is 10.2. The van der Waals surface area contributed by atoms with Crippen molar-refractivity contribution in [1.82, 2.24) is 4.90 Å². The Balaban J connectivity index is 2.61. The van der Waals surface area contributed by atoms with Gasteiger partial charge in [0.15, 0.2) is 0 Å². The lowest BCUT2D eigenvalue weighted by Crippen LogP contribution is -2.39. The molecule has 0 saturated carbocycles. The Kier molecular flexibility index (Phi) is 9.36. The topological polar surface area (TPSA) is 23.5 Å². The van der Waals surface area contributed by atoms with E-state index in [4.69, 9.17) is 0 Å². The molecule has 0 bridgehead atoms.